The van der Waals surface area contributed by atoms with Gasteiger partial charge in [-0.15, -0.1) is 0 Å². The maximum atomic E-state index is 9.00. The minimum Gasteiger partial charge on any atom is -0.496 e. The fraction of sp³-hybridized carbons (Fsp3) is 0.625. The smallest absolute Gasteiger partial charge is 0.122 e. The van der Waals surface area contributed by atoms with Crippen LogP contribution >= 0.6 is 0 Å². The fourth-order valence-corrected chi connectivity index (χ4v) is 2.52. The van der Waals surface area contributed by atoms with Crippen LogP contribution in [0.15, 0.2) is 12.1 Å². The molecule has 0 aliphatic carbocycles. The van der Waals surface area contributed by atoms with Crippen molar-refractivity contribution in [2.75, 3.05) is 13.7 Å². The molecule has 3 N–H and O–H groups in total. The highest BCUT2D eigenvalue weighted by Crippen LogP contribution is 2.34. The monoisotopic (exact) mass is 265 g/mol. The molecule has 0 heterocycles. The van der Waals surface area contributed by atoms with E-state index in [4.69, 9.17) is 15.6 Å². The van der Waals surface area contributed by atoms with Gasteiger partial charge in [0.15, 0.2) is 0 Å². The minimum absolute atomic E-state index is 0.180. The average molecular weight is 265 g/mol. The Morgan fingerprint density at radius 2 is 2.00 bits per heavy atom. The van der Waals surface area contributed by atoms with Gasteiger partial charge in [0.2, 0.25) is 0 Å². The number of aryl methyl sites for hydroxylation is 1. The van der Waals surface area contributed by atoms with Crippen molar-refractivity contribution in [1.29, 1.82) is 0 Å². The summed E-state index contributed by atoms with van der Waals surface area (Å²) >= 11 is 0. The quantitative estimate of drug-likeness (QED) is 0.831. The summed E-state index contributed by atoms with van der Waals surface area (Å²) in [6.45, 7) is 8.57. The number of rotatable bonds is 6. The predicted octanol–water partition coefficient (Wildman–Crippen LogP) is 3.07. The molecule has 108 valence electrons. The molecule has 0 saturated carbocycles. The van der Waals surface area contributed by atoms with Crippen molar-refractivity contribution in [3.8, 4) is 5.75 Å². The van der Waals surface area contributed by atoms with Crippen molar-refractivity contribution >= 4 is 0 Å². The Morgan fingerprint density at radius 3 is 2.47 bits per heavy atom. The van der Waals surface area contributed by atoms with Crippen molar-refractivity contribution < 1.29 is 9.84 Å². The van der Waals surface area contributed by atoms with E-state index in [0.717, 1.165) is 29.7 Å². The summed E-state index contributed by atoms with van der Waals surface area (Å²) in [4.78, 5) is 0. The Kier molecular flexibility index (Phi) is 5.39. The van der Waals surface area contributed by atoms with Crippen molar-refractivity contribution in [1.82, 2.24) is 0 Å². The fourth-order valence-electron chi connectivity index (χ4n) is 2.52. The van der Waals surface area contributed by atoms with E-state index in [1.54, 1.807) is 7.11 Å². The third-order valence-electron chi connectivity index (χ3n) is 3.67. The summed E-state index contributed by atoms with van der Waals surface area (Å²) < 4.78 is 5.46. The summed E-state index contributed by atoms with van der Waals surface area (Å²) in [6, 6.07) is 4.23. The van der Waals surface area contributed by atoms with Crippen molar-refractivity contribution in [3.63, 3.8) is 0 Å². The molecule has 0 amide bonds. The average Bonchev–Trinajstić information content (AvgIpc) is 2.35. The molecule has 0 fully saturated rings. The number of ether oxygens (including phenoxy) is 1. The Hall–Kier alpha value is -1.06. The number of benzene rings is 1. The highest BCUT2D eigenvalue weighted by Gasteiger charge is 2.24. The highest BCUT2D eigenvalue weighted by molar-refractivity contribution is 5.46. The molecular weight excluding hydrogens is 238 g/mol. The molecule has 1 unspecified atom stereocenters. The predicted molar refractivity (Wildman–Crippen MR) is 79.7 cm³/mol. The summed E-state index contributed by atoms with van der Waals surface area (Å²) in [5, 5.41) is 9.00. The molecule has 1 rings (SSSR count). The van der Waals surface area contributed by atoms with Crippen LogP contribution in [0, 0.1) is 6.92 Å². The summed E-state index contributed by atoms with van der Waals surface area (Å²) in [5.41, 5.74) is 9.49. The van der Waals surface area contributed by atoms with Gasteiger partial charge in [0, 0.05) is 12.1 Å². The van der Waals surface area contributed by atoms with Crippen LogP contribution in [0.5, 0.6) is 5.75 Å². The highest BCUT2D eigenvalue weighted by atomic mass is 16.5. The third kappa shape index (κ3) is 3.71. The standard InChI is InChI=1S/C16H27NO2/c1-11(2)13-10-14(12(3)9-15(13)19-5)16(4,17)7-6-8-18/h9-11,18H,6-8,17H2,1-5H3. The lowest BCUT2D eigenvalue weighted by molar-refractivity contribution is 0.265. The largest absolute Gasteiger partial charge is 0.496 e. The second-order valence-electron chi connectivity index (χ2n) is 5.81. The van der Waals surface area contributed by atoms with Crippen LogP contribution < -0.4 is 10.5 Å². The topological polar surface area (TPSA) is 55.5 Å². The van der Waals surface area contributed by atoms with E-state index in [2.05, 4.69) is 32.9 Å². The first-order valence-corrected chi connectivity index (χ1v) is 6.92. The van der Waals surface area contributed by atoms with Gasteiger partial charge in [-0.3, -0.25) is 0 Å². The molecule has 0 spiro atoms. The molecular formula is C16H27NO2. The Bertz CT molecular complexity index is 425. The van der Waals surface area contributed by atoms with Gasteiger partial charge < -0.3 is 15.6 Å². The van der Waals surface area contributed by atoms with Gasteiger partial charge in [0.25, 0.3) is 0 Å². The number of hydrogen-bond acceptors (Lipinski definition) is 3. The first kappa shape index (κ1) is 16.0. The Morgan fingerprint density at radius 1 is 1.37 bits per heavy atom. The normalized spacial score (nSPS) is 14.5. The number of hydrogen-bond donors (Lipinski definition) is 2. The Labute approximate surface area is 116 Å². The van der Waals surface area contributed by atoms with E-state index in [9.17, 15) is 0 Å². The lowest BCUT2D eigenvalue weighted by Gasteiger charge is -2.29. The lowest BCUT2D eigenvalue weighted by atomic mass is 9.83. The first-order valence-electron chi connectivity index (χ1n) is 6.92. The van der Waals surface area contributed by atoms with Crippen molar-refractivity contribution in [3.05, 3.63) is 28.8 Å². The summed E-state index contributed by atoms with van der Waals surface area (Å²) in [6.07, 6.45) is 1.49. The zero-order valence-corrected chi connectivity index (χ0v) is 12.8. The number of nitrogens with two attached hydrogens (primary N) is 1. The summed E-state index contributed by atoms with van der Waals surface area (Å²) in [7, 11) is 1.70. The second kappa shape index (κ2) is 6.40. The molecule has 0 aromatic heterocycles. The summed E-state index contributed by atoms with van der Waals surface area (Å²) in [5.74, 6) is 1.32. The minimum atomic E-state index is -0.414. The van der Waals surface area contributed by atoms with Crippen molar-refractivity contribution in [2.24, 2.45) is 5.73 Å². The number of aliphatic hydroxyl groups excluding tert-OH is 1. The van der Waals surface area contributed by atoms with Crippen LogP contribution in [0.2, 0.25) is 0 Å². The van der Waals surface area contributed by atoms with Gasteiger partial charge in [-0.1, -0.05) is 13.8 Å². The van der Waals surface area contributed by atoms with Crippen LogP contribution in [-0.4, -0.2) is 18.8 Å². The molecule has 19 heavy (non-hydrogen) atoms. The molecule has 3 nitrogen and oxygen atoms in total. The van der Waals surface area contributed by atoms with Crippen LogP contribution in [0.4, 0.5) is 0 Å². The maximum Gasteiger partial charge on any atom is 0.122 e. The molecule has 3 heteroatoms. The van der Waals surface area contributed by atoms with Gasteiger partial charge in [0.1, 0.15) is 5.75 Å². The van der Waals surface area contributed by atoms with E-state index < -0.39 is 5.54 Å². The molecule has 0 bridgehead atoms. The van der Waals surface area contributed by atoms with E-state index in [0.29, 0.717) is 5.92 Å². The van der Waals surface area contributed by atoms with E-state index >= 15 is 0 Å². The van der Waals surface area contributed by atoms with E-state index in [-0.39, 0.29) is 6.61 Å². The van der Waals surface area contributed by atoms with E-state index in [1.165, 1.54) is 5.56 Å². The third-order valence-corrected chi connectivity index (χ3v) is 3.67. The van der Waals surface area contributed by atoms with E-state index in [1.807, 2.05) is 6.92 Å². The van der Waals surface area contributed by atoms with Crippen LogP contribution in [0.3, 0.4) is 0 Å². The lowest BCUT2D eigenvalue weighted by Crippen LogP contribution is -2.34. The SMILES string of the molecule is COc1cc(C)c(C(C)(N)CCCO)cc1C(C)C. The maximum absolute atomic E-state index is 9.00. The second-order valence-corrected chi connectivity index (χ2v) is 5.81. The number of aliphatic hydroxyl groups is 1. The molecule has 1 atom stereocenters. The molecule has 0 radical (unpaired) electrons. The zero-order chi connectivity index (χ0) is 14.6. The van der Waals surface area contributed by atoms with Gasteiger partial charge >= 0.3 is 0 Å². The molecule has 0 aliphatic rings. The first-order chi connectivity index (χ1) is 8.83. The Balaban J connectivity index is 3.24. The zero-order valence-electron chi connectivity index (χ0n) is 12.8. The molecule has 0 saturated heterocycles. The van der Waals surface area contributed by atoms with Gasteiger partial charge in [-0.2, -0.15) is 0 Å². The van der Waals surface area contributed by atoms with Gasteiger partial charge in [-0.25, -0.2) is 0 Å². The molecule has 1 aromatic carbocycles. The van der Waals surface area contributed by atoms with Gasteiger partial charge in [-0.05, 0) is 61.4 Å². The van der Waals surface area contributed by atoms with Crippen molar-refractivity contribution in [2.45, 2.75) is 52.0 Å². The number of methoxy groups -OCH3 is 1. The molecule has 0 aliphatic heterocycles. The van der Waals surface area contributed by atoms with Crippen LogP contribution in [0.25, 0.3) is 0 Å². The van der Waals surface area contributed by atoms with Crippen LogP contribution in [-0.2, 0) is 5.54 Å². The van der Waals surface area contributed by atoms with Crippen LogP contribution in [0.1, 0.15) is 56.2 Å². The van der Waals surface area contributed by atoms with Gasteiger partial charge in [0.05, 0.1) is 7.11 Å². The molecule has 1 aromatic rings.